The fourth-order valence-electron chi connectivity index (χ4n) is 3.68. The summed E-state index contributed by atoms with van der Waals surface area (Å²) in [7, 11) is 0. The molecule has 1 fully saturated rings. The Morgan fingerprint density at radius 2 is 2.12 bits per heavy atom. The van der Waals surface area contributed by atoms with Crippen LogP contribution in [-0.4, -0.2) is 33.7 Å². The van der Waals surface area contributed by atoms with E-state index in [0.29, 0.717) is 5.56 Å². The van der Waals surface area contributed by atoms with Crippen molar-refractivity contribution in [1.29, 1.82) is 5.26 Å². The van der Waals surface area contributed by atoms with Gasteiger partial charge in [-0.2, -0.15) is 5.26 Å². The van der Waals surface area contributed by atoms with Crippen molar-refractivity contribution in [2.45, 2.75) is 31.8 Å². The highest BCUT2D eigenvalue weighted by Crippen LogP contribution is 2.31. The zero-order chi connectivity index (χ0) is 18.1. The number of rotatable bonds is 3. The van der Waals surface area contributed by atoms with E-state index >= 15 is 0 Å². The molecular weight excluding hydrogens is 324 g/mol. The molecule has 132 valence electrons. The molecule has 26 heavy (non-hydrogen) atoms. The number of anilines is 1. The minimum atomic E-state index is 0.00305. The molecule has 6 heteroatoms. The van der Waals surface area contributed by atoms with Crippen LogP contribution in [0.4, 0.5) is 5.95 Å². The first-order valence-electron chi connectivity index (χ1n) is 9.01. The second-order valence-electron chi connectivity index (χ2n) is 6.88. The number of nitriles is 1. The smallest absolute Gasteiger partial charge is 0.207 e. The van der Waals surface area contributed by atoms with Crippen molar-refractivity contribution in [3.05, 3.63) is 53.9 Å². The van der Waals surface area contributed by atoms with Crippen LogP contribution in [-0.2, 0) is 0 Å². The van der Waals surface area contributed by atoms with E-state index in [1.54, 1.807) is 6.20 Å². The summed E-state index contributed by atoms with van der Waals surface area (Å²) in [4.78, 5) is 11.7. The molecule has 0 amide bonds. The third-order valence-electron chi connectivity index (χ3n) is 5.05. The summed E-state index contributed by atoms with van der Waals surface area (Å²) in [5.41, 5.74) is 9.74. The van der Waals surface area contributed by atoms with E-state index in [9.17, 15) is 0 Å². The Balaban J connectivity index is 1.81. The van der Waals surface area contributed by atoms with Gasteiger partial charge in [0.2, 0.25) is 5.95 Å². The fraction of sp³-hybridized carbons (Fsp3) is 0.350. The van der Waals surface area contributed by atoms with Crippen molar-refractivity contribution in [2.75, 3.05) is 18.0 Å². The number of benzene rings is 1. The summed E-state index contributed by atoms with van der Waals surface area (Å²) < 4.78 is 2.24. The summed E-state index contributed by atoms with van der Waals surface area (Å²) >= 11 is 0. The molecule has 1 aliphatic heterocycles. The Morgan fingerprint density at radius 3 is 2.85 bits per heavy atom. The standard InChI is InChI=1S/C20H22N6/c1-14(17-9-8-15(11-21)12-23-17)26-19-7-3-2-6-18(19)24-20(26)25-10-4-5-16(22)13-25/h2-3,6-9,12,14,16H,4-5,10,13,22H2,1H3/t14-,16?/m1/s1. The molecule has 4 rings (SSSR count). The third kappa shape index (κ3) is 2.91. The van der Waals surface area contributed by atoms with Crippen LogP contribution in [0.5, 0.6) is 0 Å². The van der Waals surface area contributed by atoms with Gasteiger partial charge in [-0.05, 0) is 44.0 Å². The zero-order valence-corrected chi connectivity index (χ0v) is 14.8. The Hall–Kier alpha value is -2.91. The molecule has 3 heterocycles. The van der Waals surface area contributed by atoms with Crippen LogP contribution in [0.2, 0.25) is 0 Å². The first-order chi connectivity index (χ1) is 12.7. The van der Waals surface area contributed by atoms with Crippen LogP contribution < -0.4 is 10.6 Å². The van der Waals surface area contributed by atoms with Crippen LogP contribution in [0.15, 0.2) is 42.6 Å². The van der Waals surface area contributed by atoms with Crippen LogP contribution >= 0.6 is 0 Å². The average molecular weight is 346 g/mol. The third-order valence-corrected chi connectivity index (χ3v) is 5.05. The molecule has 1 aromatic carbocycles. The molecule has 1 aliphatic rings. The van der Waals surface area contributed by atoms with Gasteiger partial charge in [0.25, 0.3) is 0 Å². The normalized spacial score (nSPS) is 18.7. The first kappa shape index (κ1) is 16.6. The SMILES string of the molecule is C[C@H](c1ccc(C#N)cn1)n1c(N2CCCC(N)C2)nc2ccccc21. The maximum atomic E-state index is 9.01. The van der Waals surface area contributed by atoms with Crippen molar-refractivity contribution < 1.29 is 0 Å². The van der Waals surface area contributed by atoms with E-state index < -0.39 is 0 Å². The van der Waals surface area contributed by atoms with Crippen LogP contribution in [0, 0.1) is 11.3 Å². The van der Waals surface area contributed by atoms with Gasteiger partial charge in [-0.3, -0.25) is 4.98 Å². The van der Waals surface area contributed by atoms with Gasteiger partial charge in [-0.1, -0.05) is 12.1 Å². The number of nitrogens with two attached hydrogens (primary N) is 1. The van der Waals surface area contributed by atoms with Crippen molar-refractivity contribution in [3.8, 4) is 6.07 Å². The lowest BCUT2D eigenvalue weighted by molar-refractivity contribution is 0.489. The van der Waals surface area contributed by atoms with Crippen LogP contribution in [0.25, 0.3) is 11.0 Å². The molecule has 0 aliphatic carbocycles. The van der Waals surface area contributed by atoms with Gasteiger partial charge in [0.1, 0.15) is 6.07 Å². The maximum Gasteiger partial charge on any atom is 0.207 e. The molecule has 2 aromatic heterocycles. The lowest BCUT2D eigenvalue weighted by atomic mass is 10.1. The van der Waals surface area contributed by atoms with Crippen molar-refractivity contribution in [2.24, 2.45) is 5.73 Å². The predicted octanol–water partition coefficient (Wildman–Crippen LogP) is 2.84. The number of pyridine rings is 1. The average Bonchev–Trinajstić information content (AvgIpc) is 3.07. The van der Waals surface area contributed by atoms with Gasteiger partial charge in [-0.15, -0.1) is 0 Å². The van der Waals surface area contributed by atoms with Gasteiger partial charge in [0.15, 0.2) is 0 Å². The minimum absolute atomic E-state index is 0.00305. The van der Waals surface area contributed by atoms with Crippen LogP contribution in [0.3, 0.4) is 0 Å². The first-order valence-corrected chi connectivity index (χ1v) is 9.01. The number of hydrogen-bond donors (Lipinski definition) is 1. The summed E-state index contributed by atoms with van der Waals surface area (Å²) in [6.07, 6.45) is 3.76. The molecule has 1 saturated heterocycles. The molecule has 6 nitrogen and oxygen atoms in total. The van der Waals surface area contributed by atoms with Gasteiger partial charge in [0.05, 0.1) is 28.3 Å². The highest BCUT2D eigenvalue weighted by Gasteiger charge is 2.25. The number of para-hydroxylation sites is 2. The summed E-state index contributed by atoms with van der Waals surface area (Å²) in [6, 6.07) is 14.2. The van der Waals surface area contributed by atoms with Crippen molar-refractivity contribution in [1.82, 2.24) is 14.5 Å². The zero-order valence-electron chi connectivity index (χ0n) is 14.8. The summed E-state index contributed by atoms with van der Waals surface area (Å²) in [6.45, 7) is 3.90. The highest BCUT2D eigenvalue weighted by molar-refractivity contribution is 5.79. The molecule has 1 unspecified atom stereocenters. The van der Waals surface area contributed by atoms with Gasteiger partial charge in [0, 0.05) is 25.3 Å². The Morgan fingerprint density at radius 1 is 1.27 bits per heavy atom. The number of piperidine rings is 1. The number of imidazole rings is 1. The van der Waals surface area contributed by atoms with E-state index in [0.717, 1.165) is 48.6 Å². The van der Waals surface area contributed by atoms with Gasteiger partial charge < -0.3 is 15.2 Å². The number of nitrogens with zero attached hydrogens (tertiary/aromatic N) is 5. The minimum Gasteiger partial charge on any atom is -0.341 e. The monoisotopic (exact) mass is 346 g/mol. The van der Waals surface area contributed by atoms with E-state index in [1.807, 2.05) is 30.3 Å². The maximum absolute atomic E-state index is 9.01. The number of hydrogen-bond acceptors (Lipinski definition) is 5. The molecular formula is C20H22N6. The van der Waals surface area contributed by atoms with Gasteiger partial charge >= 0.3 is 0 Å². The quantitative estimate of drug-likeness (QED) is 0.788. The summed E-state index contributed by atoms with van der Waals surface area (Å²) in [5.74, 6) is 0.944. The van der Waals surface area contributed by atoms with Crippen molar-refractivity contribution >= 4 is 17.0 Å². The molecule has 2 atom stereocenters. The molecule has 0 spiro atoms. The molecule has 0 saturated carbocycles. The Labute approximate surface area is 152 Å². The fourth-order valence-corrected chi connectivity index (χ4v) is 3.68. The van der Waals surface area contributed by atoms with Crippen LogP contribution in [0.1, 0.15) is 37.1 Å². The molecule has 3 aromatic rings. The Bertz CT molecular complexity index is 953. The molecule has 0 radical (unpaired) electrons. The van der Waals surface area contributed by atoms with E-state index in [1.165, 1.54) is 0 Å². The van der Waals surface area contributed by atoms with Gasteiger partial charge in [-0.25, -0.2) is 4.98 Å². The van der Waals surface area contributed by atoms with E-state index in [4.69, 9.17) is 16.0 Å². The largest absolute Gasteiger partial charge is 0.341 e. The topological polar surface area (TPSA) is 83.8 Å². The second kappa shape index (κ2) is 6.77. The van der Waals surface area contributed by atoms with Crippen molar-refractivity contribution in [3.63, 3.8) is 0 Å². The van der Waals surface area contributed by atoms with E-state index in [-0.39, 0.29) is 12.1 Å². The lowest BCUT2D eigenvalue weighted by Gasteiger charge is -2.33. The summed E-state index contributed by atoms with van der Waals surface area (Å²) in [5, 5.41) is 9.01. The molecule has 0 bridgehead atoms. The lowest BCUT2D eigenvalue weighted by Crippen LogP contribution is -2.44. The molecule has 2 N–H and O–H groups in total. The number of aromatic nitrogens is 3. The highest BCUT2D eigenvalue weighted by atomic mass is 15.3. The predicted molar refractivity (Wildman–Crippen MR) is 102 cm³/mol. The number of fused-ring (bicyclic) bond motifs is 1. The second-order valence-corrected chi connectivity index (χ2v) is 6.88. The Kier molecular flexibility index (Phi) is 4.31. The van der Waals surface area contributed by atoms with E-state index in [2.05, 4.69) is 33.5 Å².